The van der Waals surface area contributed by atoms with Gasteiger partial charge in [0.15, 0.2) is 5.96 Å². The van der Waals surface area contributed by atoms with Crippen LogP contribution >= 0.6 is 24.0 Å². The molecule has 1 amide bonds. The number of rotatable bonds is 7. The van der Waals surface area contributed by atoms with Gasteiger partial charge in [-0.1, -0.05) is 12.2 Å². The first kappa shape index (κ1) is 24.2. The van der Waals surface area contributed by atoms with E-state index in [0.29, 0.717) is 19.1 Å². The normalized spacial score (nSPS) is 16.8. The van der Waals surface area contributed by atoms with Gasteiger partial charge in [-0.2, -0.15) is 0 Å². The molecule has 0 bridgehead atoms. The Bertz CT molecular complexity index is 456. The number of guanidine groups is 1. The molecule has 0 aromatic carbocycles. The van der Waals surface area contributed by atoms with Crippen molar-refractivity contribution in [3.63, 3.8) is 0 Å². The fourth-order valence-corrected chi connectivity index (χ4v) is 2.79. The van der Waals surface area contributed by atoms with Crippen molar-refractivity contribution in [3.8, 4) is 0 Å². The van der Waals surface area contributed by atoms with Crippen molar-refractivity contribution in [2.75, 3.05) is 39.8 Å². The van der Waals surface area contributed by atoms with Gasteiger partial charge < -0.3 is 16.0 Å². The monoisotopic (exact) mass is 465 g/mol. The molecule has 0 atom stereocenters. The number of hydrogen-bond acceptors (Lipinski definition) is 3. The van der Waals surface area contributed by atoms with E-state index >= 15 is 0 Å². The van der Waals surface area contributed by atoms with Crippen molar-refractivity contribution in [3.05, 3.63) is 12.2 Å². The van der Waals surface area contributed by atoms with E-state index in [4.69, 9.17) is 0 Å². The summed E-state index contributed by atoms with van der Waals surface area (Å²) in [6, 6.07) is 0.421. The van der Waals surface area contributed by atoms with E-state index in [1.165, 1.54) is 5.57 Å². The topological polar surface area (TPSA) is 68.8 Å². The van der Waals surface area contributed by atoms with Gasteiger partial charge in [0.1, 0.15) is 0 Å². The summed E-state index contributed by atoms with van der Waals surface area (Å²) in [6.07, 6.45) is 2.18. The molecule has 0 spiro atoms. The summed E-state index contributed by atoms with van der Waals surface area (Å²) in [6.45, 7) is 16.2. The number of nitrogens with one attached hydrogen (secondary N) is 3. The molecule has 3 N–H and O–H groups in total. The zero-order valence-corrected chi connectivity index (χ0v) is 18.8. The number of likely N-dealkylation sites (tertiary alicyclic amines) is 1. The smallest absolute Gasteiger partial charge is 0.227 e. The number of piperidine rings is 1. The predicted molar refractivity (Wildman–Crippen MR) is 117 cm³/mol. The average Bonchev–Trinajstić information content (AvgIpc) is 2.52. The first-order valence-corrected chi connectivity index (χ1v) is 8.90. The standard InChI is InChI=1S/C18H35N5O.HI/c1-7-20-16(24)18(4,5)13-21-17(19-6)22-15-8-10-23(11-9-15)12-14(2)3;/h15H,2,7-13H2,1,3-6H3,(H,20,24)(H2,19,21,22);1H. The highest BCUT2D eigenvalue weighted by Crippen LogP contribution is 2.14. The summed E-state index contributed by atoms with van der Waals surface area (Å²) in [5.74, 6) is 0.826. The third-order valence-electron chi connectivity index (χ3n) is 4.30. The van der Waals surface area contributed by atoms with Gasteiger partial charge >= 0.3 is 0 Å². The highest BCUT2D eigenvalue weighted by Gasteiger charge is 2.27. The van der Waals surface area contributed by atoms with E-state index in [1.54, 1.807) is 7.05 Å². The molecule has 0 unspecified atom stereocenters. The van der Waals surface area contributed by atoms with Crippen molar-refractivity contribution < 1.29 is 4.79 Å². The van der Waals surface area contributed by atoms with Crippen molar-refractivity contribution in [2.24, 2.45) is 10.4 Å². The van der Waals surface area contributed by atoms with Crippen LogP contribution in [0.5, 0.6) is 0 Å². The summed E-state index contributed by atoms with van der Waals surface area (Å²) < 4.78 is 0. The lowest BCUT2D eigenvalue weighted by molar-refractivity contribution is -0.128. The molecule has 1 rings (SSSR count). The molecular formula is C18H36IN5O. The van der Waals surface area contributed by atoms with Gasteiger partial charge in [0.25, 0.3) is 0 Å². The Morgan fingerprint density at radius 2 is 1.88 bits per heavy atom. The van der Waals surface area contributed by atoms with E-state index in [-0.39, 0.29) is 29.9 Å². The largest absolute Gasteiger partial charge is 0.356 e. The molecule has 1 heterocycles. The minimum Gasteiger partial charge on any atom is -0.356 e. The Balaban J connectivity index is 0.00000576. The predicted octanol–water partition coefficient (Wildman–Crippen LogP) is 1.97. The Kier molecular flexibility index (Phi) is 11.3. The van der Waals surface area contributed by atoms with Crippen LogP contribution in [0.15, 0.2) is 17.1 Å². The zero-order valence-electron chi connectivity index (χ0n) is 16.4. The third kappa shape index (κ3) is 8.89. The average molecular weight is 465 g/mol. The van der Waals surface area contributed by atoms with Gasteiger partial charge in [0.05, 0.1) is 5.41 Å². The van der Waals surface area contributed by atoms with Crippen LogP contribution in [0.25, 0.3) is 0 Å². The first-order chi connectivity index (χ1) is 11.3. The van der Waals surface area contributed by atoms with Crippen molar-refractivity contribution in [2.45, 2.75) is 46.6 Å². The van der Waals surface area contributed by atoms with Crippen LogP contribution in [0.1, 0.15) is 40.5 Å². The minimum absolute atomic E-state index is 0. The molecule has 1 aliphatic heterocycles. The molecule has 25 heavy (non-hydrogen) atoms. The number of carbonyl (C=O) groups is 1. The highest BCUT2D eigenvalue weighted by molar-refractivity contribution is 14.0. The number of hydrogen-bond donors (Lipinski definition) is 3. The van der Waals surface area contributed by atoms with Gasteiger partial charge in [0.2, 0.25) is 5.91 Å². The Morgan fingerprint density at radius 1 is 1.28 bits per heavy atom. The van der Waals surface area contributed by atoms with Crippen LogP contribution in [0.2, 0.25) is 0 Å². The molecule has 0 aliphatic carbocycles. The van der Waals surface area contributed by atoms with Crippen LogP contribution in [-0.2, 0) is 4.79 Å². The van der Waals surface area contributed by atoms with Gasteiger partial charge in [-0.05, 0) is 40.5 Å². The van der Waals surface area contributed by atoms with Gasteiger partial charge in [0, 0.05) is 45.8 Å². The SMILES string of the molecule is C=C(C)CN1CCC(NC(=NC)NCC(C)(C)C(=O)NCC)CC1.I. The maximum absolute atomic E-state index is 12.1. The molecule has 1 aliphatic rings. The summed E-state index contributed by atoms with van der Waals surface area (Å²) in [4.78, 5) is 18.8. The molecule has 0 radical (unpaired) electrons. The maximum Gasteiger partial charge on any atom is 0.227 e. The fraction of sp³-hybridized carbons (Fsp3) is 0.778. The van der Waals surface area contributed by atoms with Gasteiger partial charge in [-0.15, -0.1) is 24.0 Å². The molecule has 0 aromatic rings. The zero-order chi connectivity index (χ0) is 18.2. The number of nitrogens with zero attached hydrogens (tertiary/aromatic N) is 2. The van der Waals surface area contributed by atoms with Gasteiger partial charge in [-0.25, -0.2) is 0 Å². The van der Waals surface area contributed by atoms with E-state index in [2.05, 4.69) is 39.3 Å². The first-order valence-electron chi connectivity index (χ1n) is 8.90. The summed E-state index contributed by atoms with van der Waals surface area (Å²) in [5.41, 5.74) is 0.741. The van der Waals surface area contributed by atoms with Crippen LogP contribution in [-0.4, -0.2) is 62.6 Å². The number of amides is 1. The van der Waals surface area contributed by atoms with Crippen molar-refractivity contribution >= 4 is 35.8 Å². The van der Waals surface area contributed by atoms with Crippen molar-refractivity contribution in [1.29, 1.82) is 0 Å². The summed E-state index contributed by atoms with van der Waals surface area (Å²) in [5, 5.41) is 9.65. The molecule has 1 fully saturated rings. The third-order valence-corrected chi connectivity index (χ3v) is 4.30. The lowest BCUT2D eigenvalue weighted by Gasteiger charge is -2.33. The highest BCUT2D eigenvalue weighted by atomic mass is 127. The number of halogens is 1. The van der Waals surface area contributed by atoms with Crippen LogP contribution in [0.4, 0.5) is 0 Å². The van der Waals surface area contributed by atoms with E-state index in [0.717, 1.165) is 38.4 Å². The summed E-state index contributed by atoms with van der Waals surface area (Å²) in [7, 11) is 1.77. The second-order valence-corrected chi connectivity index (χ2v) is 7.32. The maximum atomic E-state index is 12.1. The Hall–Kier alpha value is -0.830. The number of aliphatic imine (C=N–C) groups is 1. The second-order valence-electron chi connectivity index (χ2n) is 7.32. The molecule has 7 heteroatoms. The van der Waals surface area contributed by atoms with Crippen LogP contribution in [0.3, 0.4) is 0 Å². The van der Waals surface area contributed by atoms with Crippen LogP contribution in [0, 0.1) is 5.41 Å². The van der Waals surface area contributed by atoms with E-state index < -0.39 is 5.41 Å². The molecular weight excluding hydrogens is 429 g/mol. The molecule has 0 saturated carbocycles. The van der Waals surface area contributed by atoms with Crippen molar-refractivity contribution in [1.82, 2.24) is 20.9 Å². The summed E-state index contributed by atoms with van der Waals surface area (Å²) >= 11 is 0. The van der Waals surface area contributed by atoms with Crippen LogP contribution < -0.4 is 16.0 Å². The minimum atomic E-state index is -0.474. The van der Waals surface area contributed by atoms with Gasteiger partial charge in [-0.3, -0.25) is 14.7 Å². The number of carbonyl (C=O) groups excluding carboxylic acids is 1. The fourth-order valence-electron chi connectivity index (χ4n) is 2.79. The quantitative estimate of drug-likeness (QED) is 0.233. The van der Waals surface area contributed by atoms with E-state index in [1.807, 2.05) is 20.8 Å². The molecule has 0 aromatic heterocycles. The Labute approximate surface area is 170 Å². The molecule has 146 valence electrons. The Morgan fingerprint density at radius 3 is 2.36 bits per heavy atom. The molecule has 1 saturated heterocycles. The lowest BCUT2D eigenvalue weighted by Crippen LogP contribution is -2.52. The second kappa shape index (κ2) is 11.7. The van der Waals surface area contributed by atoms with E-state index in [9.17, 15) is 4.79 Å². The molecule has 6 nitrogen and oxygen atoms in total. The lowest BCUT2D eigenvalue weighted by atomic mass is 9.92.